The molecular weight excluding hydrogens is 414 g/mol. The molecule has 7 nitrogen and oxygen atoms in total. The van der Waals surface area contributed by atoms with Crippen LogP contribution in [0.5, 0.6) is 5.75 Å². The zero-order valence-corrected chi connectivity index (χ0v) is 18.8. The number of aromatic nitrogens is 1. The molecule has 0 bridgehead atoms. The van der Waals surface area contributed by atoms with Gasteiger partial charge in [-0.05, 0) is 50.2 Å². The summed E-state index contributed by atoms with van der Waals surface area (Å²) in [6, 6.07) is 14.4. The average molecular weight is 440 g/mol. The molecule has 3 rings (SSSR count). The average Bonchev–Trinajstić information content (AvgIpc) is 3.08. The summed E-state index contributed by atoms with van der Waals surface area (Å²) in [6.45, 7) is 3.77. The molecule has 0 unspecified atom stereocenters. The fourth-order valence-electron chi connectivity index (χ4n) is 2.75. The predicted octanol–water partition coefficient (Wildman–Crippen LogP) is 4.30. The highest BCUT2D eigenvalue weighted by Crippen LogP contribution is 2.29. The van der Waals surface area contributed by atoms with Crippen LogP contribution in [0.1, 0.15) is 27.4 Å². The van der Waals surface area contributed by atoms with Gasteiger partial charge in [-0.3, -0.25) is 9.59 Å². The van der Waals surface area contributed by atoms with Crippen molar-refractivity contribution in [3.8, 4) is 5.75 Å². The Labute approximate surface area is 185 Å². The number of thioether (sulfide) groups is 1. The molecule has 2 amide bonds. The van der Waals surface area contributed by atoms with E-state index in [2.05, 4.69) is 10.5 Å². The molecule has 0 aliphatic carbocycles. The topological polar surface area (TPSA) is 84.7 Å². The van der Waals surface area contributed by atoms with Gasteiger partial charge in [-0.25, -0.2) is 0 Å². The normalized spacial score (nSPS) is 10.6. The van der Waals surface area contributed by atoms with Crippen molar-refractivity contribution in [1.29, 1.82) is 0 Å². The number of likely N-dealkylation sites (N-methyl/N-ethyl adjacent to an activating group) is 1. The van der Waals surface area contributed by atoms with Crippen molar-refractivity contribution in [2.45, 2.75) is 24.5 Å². The van der Waals surface area contributed by atoms with Crippen molar-refractivity contribution in [3.63, 3.8) is 0 Å². The van der Waals surface area contributed by atoms with Crippen LogP contribution in [-0.2, 0) is 10.5 Å². The van der Waals surface area contributed by atoms with Gasteiger partial charge in [-0.15, -0.1) is 11.8 Å². The second kappa shape index (κ2) is 10.2. The van der Waals surface area contributed by atoms with Crippen LogP contribution < -0.4 is 10.1 Å². The number of benzene rings is 2. The number of amides is 2. The molecule has 1 N–H and O–H groups in total. The van der Waals surface area contributed by atoms with E-state index in [9.17, 15) is 9.59 Å². The number of carbonyl (C=O) groups is 2. The number of carbonyl (C=O) groups excluding carboxylic acids is 2. The standard InChI is InChI=1S/C23H25N3O4S/c1-15-20(16(2)30-25-15)14-31-21-8-6-5-7-19(21)23(28)24-17-9-11-18(12-10-17)29-13-22(27)26(3)4/h5-12H,13-14H2,1-4H3,(H,24,28). The zero-order valence-electron chi connectivity index (χ0n) is 18.0. The minimum absolute atomic E-state index is 0.0333. The van der Waals surface area contributed by atoms with E-state index in [-0.39, 0.29) is 18.4 Å². The maximum Gasteiger partial charge on any atom is 0.259 e. The van der Waals surface area contributed by atoms with Gasteiger partial charge in [0.1, 0.15) is 11.5 Å². The van der Waals surface area contributed by atoms with Gasteiger partial charge in [0.05, 0.1) is 11.3 Å². The molecular formula is C23H25N3O4S. The predicted molar refractivity (Wildman–Crippen MR) is 121 cm³/mol. The Bertz CT molecular complexity index is 1040. The summed E-state index contributed by atoms with van der Waals surface area (Å²) >= 11 is 1.57. The summed E-state index contributed by atoms with van der Waals surface area (Å²) in [6.07, 6.45) is 0. The highest BCUT2D eigenvalue weighted by molar-refractivity contribution is 7.98. The van der Waals surface area contributed by atoms with E-state index in [1.54, 1.807) is 56.2 Å². The fraction of sp³-hybridized carbons (Fsp3) is 0.261. The van der Waals surface area contributed by atoms with Gasteiger partial charge in [-0.2, -0.15) is 0 Å². The third kappa shape index (κ3) is 5.88. The maximum absolute atomic E-state index is 12.9. The number of aryl methyl sites for hydroxylation is 2. The molecule has 162 valence electrons. The van der Waals surface area contributed by atoms with Gasteiger partial charge in [-0.1, -0.05) is 17.3 Å². The molecule has 0 fully saturated rings. The van der Waals surface area contributed by atoms with Crippen LogP contribution in [-0.4, -0.2) is 42.6 Å². The molecule has 0 aliphatic rings. The minimum atomic E-state index is -0.196. The number of nitrogens with one attached hydrogen (secondary N) is 1. The van der Waals surface area contributed by atoms with Crippen LogP contribution >= 0.6 is 11.8 Å². The number of rotatable bonds is 8. The third-order valence-corrected chi connectivity index (χ3v) is 5.76. The van der Waals surface area contributed by atoms with Crippen LogP contribution in [0.15, 0.2) is 57.9 Å². The van der Waals surface area contributed by atoms with Crippen molar-refractivity contribution in [3.05, 3.63) is 71.1 Å². The first-order valence-electron chi connectivity index (χ1n) is 9.73. The van der Waals surface area contributed by atoms with E-state index in [0.717, 1.165) is 21.9 Å². The Hall–Kier alpha value is -3.26. The molecule has 3 aromatic rings. The van der Waals surface area contributed by atoms with Crippen molar-refractivity contribution in [1.82, 2.24) is 10.1 Å². The van der Waals surface area contributed by atoms with Crippen LogP contribution in [0.3, 0.4) is 0 Å². The first-order valence-corrected chi connectivity index (χ1v) is 10.7. The molecule has 0 saturated carbocycles. The Morgan fingerprint density at radius 2 is 1.81 bits per heavy atom. The smallest absolute Gasteiger partial charge is 0.259 e. The lowest BCUT2D eigenvalue weighted by Gasteiger charge is -2.12. The highest BCUT2D eigenvalue weighted by atomic mass is 32.2. The summed E-state index contributed by atoms with van der Waals surface area (Å²) in [5, 5.41) is 6.89. The maximum atomic E-state index is 12.9. The first kappa shape index (κ1) is 22.4. The van der Waals surface area contributed by atoms with E-state index < -0.39 is 0 Å². The molecule has 2 aromatic carbocycles. The second-order valence-corrected chi connectivity index (χ2v) is 8.16. The molecule has 0 atom stereocenters. The van der Waals surface area contributed by atoms with E-state index in [1.165, 1.54) is 4.90 Å². The number of hydrogen-bond donors (Lipinski definition) is 1. The number of ether oxygens (including phenoxy) is 1. The fourth-order valence-corrected chi connectivity index (χ4v) is 3.95. The van der Waals surface area contributed by atoms with E-state index in [1.807, 2.05) is 32.0 Å². The summed E-state index contributed by atoms with van der Waals surface area (Å²) < 4.78 is 10.7. The van der Waals surface area contributed by atoms with Crippen LogP contribution in [0.4, 0.5) is 5.69 Å². The largest absolute Gasteiger partial charge is 0.484 e. The van der Waals surface area contributed by atoms with Gasteiger partial charge < -0.3 is 19.5 Å². The lowest BCUT2D eigenvalue weighted by molar-refractivity contribution is -0.130. The summed E-state index contributed by atoms with van der Waals surface area (Å²) in [5.74, 6) is 1.70. The summed E-state index contributed by atoms with van der Waals surface area (Å²) in [4.78, 5) is 26.8. The van der Waals surface area contributed by atoms with Gasteiger partial charge in [0.25, 0.3) is 11.8 Å². The SMILES string of the molecule is Cc1noc(C)c1CSc1ccccc1C(=O)Nc1ccc(OCC(=O)N(C)C)cc1. The van der Waals surface area contributed by atoms with E-state index in [4.69, 9.17) is 9.26 Å². The zero-order chi connectivity index (χ0) is 22.4. The second-order valence-electron chi connectivity index (χ2n) is 7.14. The molecule has 1 heterocycles. The van der Waals surface area contributed by atoms with Crippen molar-refractivity contribution < 1.29 is 18.8 Å². The van der Waals surface area contributed by atoms with Gasteiger partial charge in [0, 0.05) is 36.0 Å². The van der Waals surface area contributed by atoms with Gasteiger partial charge in [0.15, 0.2) is 6.61 Å². The Morgan fingerprint density at radius 1 is 1.10 bits per heavy atom. The molecule has 0 aliphatic heterocycles. The van der Waals surface area contributed by atoms with Gasteiger partial charge in [0.2, 0.25) is 0 Å². The Morgan fingerprint density at radius 3 is 2.45 bits per heavy atom. The summed E-state index contributed by atoms with van der Waals surface area (Å²) in [5.41, 5.74) is 3.14. The van der Waals surface area contributed by atoms with E-state index in [0.29, 0.717) is 22.8 Å². The molecule has 0 saturated heterocycles. The molecule has 31 heavy (non-hydrogen) atoms. The Balaban J connectivity index is 1.63. The molecule has 8 heteroatoms. The quantitative estimate of drug-likeness (QED) is 0.527. The molecule has 0 spiro atoms. The van der Waals surface area contributed by atoms with E-state index >= 15 is 0 Å². The molecule has 1 aromatic heterocycles. The van der Waals surface area contributed by atoms with Gasteiger partial charge >= 0.3 is 0 Å². The monoisotopic (exact) mass is 439 g/mol. The minimum Gasteiger partial charge on any atom is -0.484 e. The number of anilines is 1. The third-order valence-electron chi connectivity index (χ3n) is 4.66. The van der Waals surface area contributed by atoms with Crippen molar-refractivity contribution in [2.24, 2.45) is 0 Å². The number of nitrogens with zero attached hydrogens (tertiary/aromatic N) is 2. The number of hydrogen-bond acceptors (Lipinski definition) is 6. The van der Waals surface area contributed by atoms with Crippen LogP contribution in [0.2, 0.25) is 0 Å². The molecule has 0 radical (unpaired) electrons. The lowest BCUT2D eigenvalue weighted by Crippen LogP contribution is -2.27. The van der Waals surface area contributed by atoms with Crippen molar-refractivity contribution in [2.75, 3.05) is 26.0 Å². The lowest BCUT2D eigenvalue weighted by atomic mass is 10.2. The van der Waals surface area contributed by atoms with Crippen LogP contribution in [0, 0.1) is 13.8 Å². The highest BCUT2D eigenvalue weighted by Gasteiger charge is 2.15. The Kier molecular flexibility index (Phi) is 7.36. The van der Waals surface area contributed by atoms with Crippen LogP contribution in [0.25, 0.3) is 0 Å². The summed E-state index contributed by atoms with van der Waals surface area (Å²) in [7, 11) is 3.35. The van der Waals surface area contributed by atoms with Crippen molar-refractivity contribution >= 4 is 29.3 Å². The first-order chi connectivity index (χ1) is 14.8.